The zero-order chi connectivity index (χ0) is 12.5. The van der Waals surface area contributed by atoms with Gasteiger partial charge in [0.05, 0.1) is 0 Å². The predicted molar refractivity (Wildman–Crippen MR) is 65.4 cm³/mol. The fourth-order valence-corrected chi connectivity index (χ4v) is 2.14. The van der Waals surface area contributed by atoms with Gasteiger partial charge in [-0.25, -0.2) is 4.39 Å². The van der Waals surface area contributed by atoms with Crippen molar-refractivity contribution in [1.82, 2.24) is 5.32 Å². The van der Waals surface area contributed by atoms with Crippen molar-refractivity contribution in [2.45, 2.75) is 33.1 Å². The third kappa shape index (κ3) is 2.65. The van der Waals surface area contributed by atoms with Crippen LogP contribution in [0.2, 0.25) is 0 Å². The maximum absolute atomic E-state index is 13.1. The molecule has 0 aromatic heterocycles. The van der Waals surface area contributed by atoms with Crippen LogP contribution < -0.4 is 5.32 Å². The Bertz CT molecular complexity index is 438. The maximum atomic E-state index is 13.1. The molecule has 1 aliphatic rings. The highest BCUT2D eigenvalue weighted by Gasteiger charge is 2.31. The normalized spacial score (nSPS) is 17.4. The van der Waals surface area contributed by atoms with Gasteiger partial charge in [-0.15, -0.1) is 0 Å². The lowest BCUT2D eigenvalue weighted by Gasteiger charge is -2.38. The van der Waals surface area contributed by atoms with Crippen LogP contribution in [0.5, 0.6) is 0 Å². The van der Waals surface area contributed by atoms with Crippen LogP contribution in [0.25, 0.3) is 0 Å². The van der Waals surface area contributed by atoms with Gasteiger partial charge in [0.25, 0.3) is 5.91 Å². The Morgan fingerprint density at radius 1 is 1.47 bits per heavy atom. The molecule has 1 N–H and O–H groups in total. The summed E-state index contributed by atoms with van der Waals surface area (Å²) in [5.41, 5.74) is 1.31. The second-order valence-electron chi connectivity index (χ2n) is 5.31. The van der Waals surface area contributed by atoms with Crippen molar-refractivity contribution in [3.63, 3.8) is 0 Å². The molecule has 1 aromatic carbocycles. The highest BCUT2D eigenvalue weighted by Crippen LogP contribution is 2.39. The molecule has 0 aliphatic heterocycles. The highest BCUT2D eigenvalue weighted by molar-refractivity contribution is 5.94. The third-order valence-corrected chi connectivity index (χ3v) is 3.66. The molecule has 0 radical (unpaired) electrons. The molecule has 0 bridgehead atoms. The van der Waals surface area contributed by atoms with Crippen LogP contribution in [0, 0.1) is 18.2 Å². The van der Waals surface area contributed by atoms with Crippen LogP contribution in [0.4, 0.5) is 4.39 Å². The summed E-state index contributed by atoms with van der Waals surface area (Å²) in [6, 6.07) is 4.46. The lowest BCUT2D eigenvalue weighted by Crippen LogP contribution is -2.39. The molecular formula is C14H18FNO. The van der Waals surface area contributed by atoms with E-state index in [-0.39, 0.29) is 17.1 Å². The van der Waals surface area contributed by atoms with E-state index in [4.69, 9.17) is 0 Å². The number of carbonyl (C=O) groups excluding carboxylic acids is 1. The average Bonchev–Trinajstić information content (AvgIpc) is 2.27. The van der Waals surface area contributed by atoms with Crippen molar-refractivity contribution in [3.05, 3.63) is 35.1 Å². The van der Waals surface area contributed by atoms with Crippen LogP contribution in [0.1, 0.15) is 42.1 Å². The van der Waals surface area contributed by atoms with E-state index in [0.29, 0.717) is 17.7 Å². The minimum atomic E-state index is -0.271. The molecule has 1 amide bonds. The smallest absolute Gasteiger partial charge is 0.251 e. The molecule has 1 fully saturated rings. The van der Waals surface area contributed by atoms with E-state index in [1.807, 2.05) is 0 Å². The quantitative estimate of drug-likeness (QED) is 0.857. The van der Waals surface area contributed by atoms with E-state index in [1.54, 1.807) is 13.0 Å². The van der Waals surface area contributed by atoms with Crippen molar-refractivity contribution >= 4 is 5.91 Å². The number of benzene rings is 1. The maximum Gasteiger partial charge on any atom is 0.251 e. The van der Waals surface area contributed by atoms with E-state index < -0.39 is 0 Å². The van der Waals surface area contributed by atoms with Gasteiger partial charge in [-0.1, -0.05) is 13.3 Å². The minimum Gasteiger partial charge on any atom is -0.351 e. The molecule has 3 heteroatoms. The van der Waals surface area contributed by atoms with Gasteiger partial charge >= 0.3 is 0 Å². The van der Waals surface area contributed by atoms with Crippen molar-refractivity contribution in [3.8, 4) is 0 Å². The highest BCUT2D eigenvalue weighted by atomic mass is 19.1. The van der Waals surface area contributed by atoms with E-state index >= 15 is 0 Å². The van der Waals surface area contributed by atoms with Crippen LogP contribution in [-0.4, -0.2) is 12.5 Å². The molecule has 92 valence electrons. The fraction of sp³-hybridized carbons (Fsp3) is 0.500. The Hall–Kier alpha value is -1.38. The number of carbonyl (C=O) groups is 1. The number of amides is 1. The van der Waals surface area contributed by atoms with Gasteiger partial charge in [-0.05, 0) is 48.9 Å². The van der Waals surface area contributed by atoms with Gasteiger partial charge in [-0.2, -0.15) is 0 Å². The monoisotopic (exact) mass is 235 g/mol. The summed E-state index contributed by atoms with van der Waals surface area (Å²) in [7, 11) is 0. The summed E-state index contributed by atoms with van der Waals surface area (Å²) in [5.74, 6) is -0.381. The molecule has 0 atom stereocenters. The number of hydrogen-bond acceptors (Lipinski definition) is 1. The summed E-state index contributed by atoms with van der Waals surface area (Å²) >= 11 is 0. The molecule has 0 saturated heterocycles. The molecule has 1 aromatic rings. The Labute approximate surface area is 101 Å². The van der Waals surface area contributed by atoms with Crippen LogP contribution >= 0.6 is 0 Å². The van der Waals surface area contributed by atoms with Gasteiger partial charge in [0.1, 0.15) is 5.82 Å². The van der Waals surface area contributed by atoms with E-state index in [1.165, 1.54) is 31.4 Å². The Morgan fingerprint density at radius 2 is 2.18 bits per heavy atom. The Morgan fingerprint density at radius 3 is 2.71 bits per heavy atom. The first-order chi connectivity index (χ1) is 8.00. The minimum absolute atomic E-state index is 0.110. The van der Waals surface area contributed by atoms with Gasteiger partial charge in [0.15, 0.2) is 0 Å². The zero-order valence-corrected chi connectivity index (χ0v) is 10.3. The molecule has 0 unspecified atom stereocenters. The van der Waals surface area contributed by atoms with Crippen molar-refractivity contribution in [1.29, 1.82) is 0 Å². The Balaban J connectivity index is 1.97. The summed E-state index contributed by atoms with van der Waals surface area (Å²) in [6.45, 7) is 4.56. The largest absolute Gasteiger partial charge is 0.351 e. The lowest BCUT2D eigenvalue weighted by molar-refractivity contribution is 0.0890. The molecule has 0 spiro atoms. The number of aryl methyl sites for hydroxylation is 1. The first-order valence-electron chi connectivity index (χ1n) is 6.05. The van der Waals surface area contributed by atoms with Crippen molar-refractivity contribution in [2.75, 3.05) is 6.54 Å². The van der Waals surface area contributed by atoms with Gasteiger partial charge < -0.3 is 5.32 Å². The number of nitrogens with one attached hydrogen (secondary N) is 1. The van der Waals surface area contributed by atoms with Gasteiger partial charge in [-0.3, -0.25) is 4.79 Å². The second kappa shape index (κ2) is 4.47. The number of hydrogen-bond donors (Lipinski definition) is 1. The average molecular weight is 235 g/mol. The third-order valence-electron chi connectivity index (χ3n) is 3.66. The van der Waals surface area contributed by atoms with Gasteiger partial charge in [0.2, 0.25) is 0 Å². The zero-order valence-electron chi connectivity index (χ0n) is 10.3. The van der Waals surface area contributed by atoms with Crippen LogP contribution in [0.3, 0.4) is 0 Å². The summed E-state index contributed by atoms with van der Waals surface area (Å²) in [5, 5.41) is 2.93. The molecule has 1 saturated carbocycles. The number of halogens is 1. The molecule has 17 heavy (non-hydrogen) atoms. The summed E-state index contributed by atoms with van der Waals surface area (Å²) in [4.78, 5) is 11.9. The van der Waals surface area contributed by atoms with E-state index in [0.717, 1.165) is 0 Å². The van der Waals surface area contributed by atoms with E-state index in [2.05, 4.69) is 12.2 Å². The van der Waals surface area contributed by atoms with Crippen molar-refractivity contribution in [2.24, 2.45) is 5.41 Å². The second-order valence-corrected chi connectivity index (χ2v) is 5.31. The molecule has 2 rings (SSSR count). The first-order valence-corrected chi connectivity index (χ1v) is 6.05. The topological polar surface area (TPSA) is 29.1 Å². The Kier molecular flexibility index (Phi) is 3.18. The summed E-state index contributed by atoms with van der Waals surface area (Å²) < 4.78 is 13.1. The van der Waals surface area contributed by atoms with Crippen LogP contribution in [-0.2, 0) is 0 Å². The fourth-order valence-electron chi connectivity index (χ4n) is 2.14. The lowest BCUT2D eigenvalue weighted by atomic mass is 9.70. The standard InChI is InChI=1S/C14H18FNO/c1-10-8-11(4-5-12(10)15)13(17)16-9-14(2)6-3-7-14/h4-5,8H,3,6-7,9H2,1-2H3,(H,16,17). The molecular weight excluding hydrogens is 217 g/mol. The van der Waals surface area contributed by atoms with E-state index in [9.17, 15) is 9.18 Å². The van der Waals surface area contributed by atoms with Crippen molar-refractivity contribution < 1.29 is 9.18 Å². The SMILES string of the molecule is Cc1cc(C(=O)NCC2(C)CCC2)ccc1F. The molecule has 2 nitrogen and oxygen atoms in total. The molecule has 1 aliphatic carbocycles. The van der Waals surface area contributed by atoms with Crippen LogP contribution in [0.15, 0.2) is 18.2 Å². The van der Waals surface area contributed by atoms with Gasteiger partial charge in [0, 0.05) is 12.1 Å². The first kappa shape index (κ1) is 12.1. The predicted octanol–water partition coefficient (Wildman–Crippen LogP) is 3.05. The molecule has 0 heterocycles. The number of rotatable bonds is 3. The summed E-state index contributed by atoms with van der Waals surface area (Å²) in [6.07, 6.45) is 3.60.